The van der Waals surface area contributed by atoms with E-state index in [4.69, 9.17) is 16.3 Å². The van der Waals surface area contributed by atoms with E-state index in [-0.39, 0.29) is 12.0 Å². The molecule has 1 amide bonds. The third-order valence-electron chi connectivity index (χ3n) is 5.39. The zero-order chi connectivity index (χ0) is 20.4. The van der Waals surface area contributed by atoms with Crippen molar-refractivity contribution in [3.8, 4) is 0 Å². The molecule has 2 atom stereocenters. The molecule has 0 unspecified atom stereocenters. The third-order valence-corrected chi connectivity index (χ3v) is 5.64. The Balaban J connectivity index is 2.00. The molecular formula is C23H29ClN2O2. The zero-order valence-corrected chi connectivity index (χ0v) is 17.8. The lowest BCUT2D eigenvalue weighted by Gasteiger charge is -2.43. The highest BCUT2D eigenvalue weighted by atomic mass is 35.5. The quantitative estimate of drug-likeness (QED) is 0.795. The molecule has 1 N–H and O–H groups in total. The van der Waals surface area contributed by atoms with Crippen LogP contribution in [0.4, 0.5) is 4.79 Å². The Morgan fingerprint density at radius 3 is 2.43 bits per heavy atom. The van der Waals surface area contributed by atoms with Crippen molar-refractivity contribution in [3.63, 3.8) is 0 Å². The van der Waals surface area contributed by atoms with E-state index in [9.17, 15) is 4.79 Å². The lowest BCUT2D eigenvalue weighted by Crippen LogP contribution is -2.56. The molecule has 0 saturated carbocycles. The van der Waals surface area contributed by atoms with Crippen LogP contribution in [0.25, 0.3) is 0 Å². The van der Waals surface area contributed by atoms with Gasteiger partial charge < -0.3 is 15.0 Å². The molecule has 1 aliphatic rings. The van der Waals surface area contributed by atoms with Crippen molar-refractivity contribution in [3.05, 3.63) is 70.7 Å². The zero-order valence-electron chi connectivity index (χ0n) is 17.0. The van der Waals surface area contributed by atoms with Gasteiger partial charge in [0, 0.05) is 31.1 Å². The topological polar surface area (TPSA) is 41.6 Å². The first-order valence-electron chi connectivity index (χ1n) is 9.68. The second-order valence-electron chi connectivity index (χ2n) is 8.54. The van der Waals surface area contributed by atoms with Gasteiger partial charge in [0.2, 0.25) is 0 Å². The molecule has 2 aromatic carbocycles. The van der Waals surface area contributed by atoms with Crippen molar-refractivity contribution >= 4 is 17.7 Å². The Hall–Kier alpha value is -2.04. The summed E-state index contributed by atoms with van der Waals surface area (Å²) in [6, 6.07) is 18.3. The molecule has 1 fully saturated rings. The number of amides is 1. The van der Waals surface area contributed by atoms with Crippen LogP contribution in [-0.2, 0) is 11.2 Å². The van der Waals surface area contributed by atoms with E-state index >= 15 is 0 Å². The first-order valence-corrected chi connectivity index (χ1v) is 10.1. The van der Waals surface area contributed by atoms with Gasteiger partial charge >= 0.3 is 6.09 Å². The van der Waals surface area contributed by atoms with Gasteiger partial charge in [0.1, 0.15) is 5.60 Å². The van der Waals surface area contributed by atoms with Crippen molar-refractivity contribution in [2.75, 3.05) is 20.1 Å². The predicted molar refractivity (Wildman–Crippen MR) is 114 cm³/mol. The number of hydrogen-bond donors (Lipinski definition) is 1. The van der Waals surface area contributed by atoms with Crippen LogP contribution in [-0.4, -0.2) is 42.3 Å². The molecule has 0 spiro atoms. The number of likely N-dealkylation sites (N-methyl/N-ethyl adjacent to an activating group) is 1. The Morgan fingerprint density at radius 1 is 1.18 bits per heavy atom. The molecule has 3 rings (SSSR count). The van der Waals surface area contributed by atoms with E-state index in [1.165, 1.54) is 11.1 Å². The maximum Gasteiger partial charge on any atom is 0.410 e. The first kappa shape index (κ1) is 20.7. The third kappa shape index (κ3) is 4.50. The van der Waals surface area contributed by atoms with Crippen LogP contribution in [0, 0.1) is 0 Å². The number of nitrogens with zero attached hydrogens (tertiary/aromatic N) is 1. The first-order chi connectivity index (χ1) is 13.2. The minimum Gasteiger partial charge on any atom is -0.444 e. The van der Waals surface area contributed by atoms with Crippen LogP contribution >= 0.6 is 11.6 Å². The summed E-state index contributed by atoms with van der Waals surface area (Å²) in [7, 11) is 1.85. The van der Waals surface area contributed by atoms with Crippen LogP contribution in [0.15, 0.2) is 54.6 Å². The van der Waals surface area contributed by atoms with Gasteiger partial charge in [-0.1, -0.05) is 54.1 Å². The summed E-state index contributed by atoms with van der Waals surface area (Å²) in [5.74, 6) is 0.127. The van der Waals surface area contributed by atoms with E-state index in [1.807, 2.05) is 58.2 Å². The van der Waals surface area contributed by atoms with Crippen LogP contribution in [0.3, 0.4) is 0 Å². The molecule has 28 heavy (non-hydrogen) atoms. The predicted octanol–water partition coefficient (Wildman–Crippen LogP) is 4.88. The summed E-state index contributed by atoms with van der Waals surface area (Å²) in [6.07, 6.45) is 0.440. The summed E-state index contributed by atoms with van der Waals surface area (Å²) >= 11 is 6.10. The van der Waals surface area contributed by atoms with Gasteiger partial charge in [-0.15, -0.1) is 0 Å². The summed E-state index contributed by atoms with van der Waals surface area (Å²) in [5.41, 5.74) is 1.39. The molecule has 0 bridgehead atoms. The van der Waals surface area contributed by atoms with E-state index in [0.717, 1.165) is 13.0 Å². The molecule has 0 aliphatic carbocycles. The monoisotopic (exact) mass is 400 g/mol. The van der Waals surface area contributed by atoms with Crippen LogP contribution in [0.5, 0.6) is 0 Å². The van der Waals surface area contributed by atoms with E-state index in [1.54, 1.807) is 4.90 Å². The van der Waals surface area contributed by atoms with Gasteiger partial charge in [-0.05, 0) is 50.5 Å². The lowest BCUT2D eigenvalue weighted by molar-refractivity contribution is 0.00512. The lowest BCUT2D eigenvalue weighted by atomic mass is 9.76. The van der Waals surface area contributed by atoms with Gasteiger partial charge in [-0.3, -0.25) is 0 Å². The average molecular weight is 401 g/mol. The summed E-state index contributed by atoms with van der Waals surface area (Å²) in [5, 5.41) is 4.22. The summed E-state index contributed by atoms with van der Waals surface area (Å²) < 4.78 is 5.72. The van der Waals surface area contributed by atoms with Gasteiger partial charge in [-0.2, -0.15) is 0 Å². The number of hydrogen-bond acceptors (Lipinski definition) is 3. The SMILES string of the molecule is CN(C(=O)OC(C)(C)C)[C@@]1(Cc2ccccc2)CNC[C@@H]1c1ccc(Cl)cc1. The Kier molecular flexibility index (Phi) is 6.01. The summed E-state index contributed by atoms with van der Waals surface area (Å²) in [4.78, 5) is 14.8. The van der Waals surface area contributed by atoms with Gasteiger partial charge in [0.15, 0.2) is 0 Å². The van der Waals surface area contributed by atoms with Gasteiger partial charge in [0.05, 0.1) is 5.54 Å². The highest BCUT2D eigenvalue weighted by molar-refractivity contribution is 6.30. The second kappa shape index (κ2) is 8.14. The number of carbonyl (C=O) groups excluding carboxylic acids is 1. The molecule has 0 aromatic heterocycles. The van der Waals surface area contributed by atoms with Crippen molar-refractivity contribution in [2.24, 2.45) is 0 Å². The fourth-order valence-electron chi connectivity index (χ4n) is 3.99. The Labute approximate surface area is 172 Å². The van der Waals surface area contributed by atoms with Crippen molar-refractivity contribution in [1.29, 1.82) is 0 Å². The smallest absolute Gasteiger partial charge is 0.410 e. The molecule has 0 radical (unpaired) electrons. The van der Waals surface area contributed by atoms with Crippen molar-refractivity contribution < 1.29 is 9.53 Å². The van der Waals surface area contributed by atoms with Crippen LogP contribution in [0.2, 0.25) is 5.02 Å². The minimum absolute atomic E-state index is 0.127. The highest BCUT2D eigenvalue weighted by Crippen LogP contribution is 2.39. The number of rotatable bonds is 4. The van der Waals surface area contributed by atoms with E-state index in [0.29, 0.717) is 11.6 Å². The molecule has 1 aliphatic heterocycles. The van der Waals surface area contributed by atoms with E-state index < -0.39 is 11.1 Å². The molecule has 2 aromatic rings. The molecule has 150 valence electrons. The molecule has 4 nitrogen and oxygen atoms in total. The fourth-order valence-corrected chi connectivity index (χ4v) is 4.11. The maximum absolute atomic E-state index is 13.0. The second-order valence-corrected chi connectivity index (χ2v) is 8.98. The molecule has 1 heterocycles. The summed E-state index contributed by atoms with van der Waals surface area (Å²) in [6.45, 7) is 7.18. The number of benzene rings is 2. The molecular weight excluding hydrogens is 372 g/mol. The minimum atomic E-state index is -0.541. The number of ether oxygens (including phenoxy) is 1. The normalized spacial score (nSPS) is 22.1. The number of carbonyl (C=O) groups is 1. The largest absolute Gasteiger partial charge is 0.444 e. The number of nitrogens with one attached hydrogen (secondary N) is 1. The van der Waals surface area contributed by atoms with E-state index in [2.05, 4.69) is 29.6 Å². The maximum atomic E-state index is 13.0. The highest BCUT2D eigenvalue weighted by Gasteiger charge is 2.49. The average Bonchev–Trinajstić information content (AvgIpc) is 3.05. The standard InChI is InChI=1S/C23H29ClN2O2/c1-22(2,3)28-21(27)26(4)23(14-17-8-6-5-7-9-17)16-25-15-20(23)18-10-12-19(24)13-11-18/h5-13,20,25H,14-16H2,1-4H3/t20-,23+/m1/s1. The van der Waals surface area contributed by atoms with Crippen LogP contribution < -0.4 is 5.32 Å². The Morgan fingerprint density at radius 2 is 1.82 bits per heavy atom. The van der Waals surface area contributed by atoms with Crippen molar-refractivity contribution in [1.82, 2.24) is 10.2 Å². The van der Waals surface area contributed by atoms with Gasteiger partial charge in [0.25, 0.3) is 0 Å². The van der Waals surface area contributed by atoms with Crippen molar-refractivity contribution in [2.45, 2.75) is 44.2 Å². The molecule has 1 saturated heterocycles. The van der Waals surface area contributed by atoms with Gasteiger partial charge in [-0.25, -0.2) is 4.79 Å². The Bertz CT molecular complexity index is 802. The fraction of sp³-hybridized carbons (Fsp3) is 0.435. The number of halogens is 1. The van der Waals surface area contributed by atoms with Crippen LogP contribution in [0.1, 0.15) is 37.8 Å². The molecule has 5 heteroatoms.